The fourth-order valence-corrected chi connectivity index (χ4v) is 5.58. The Bertz CT molecular complexity index is 1680. The van der Waals surface area contributed by atoms with E-state index in [9.17, 15) is 0 Å². The molecule has 1 aliphatic carbocycles. The van der Waals surface area contributed by atoms with Crippen molar-refractivity contribution in [1.82, 2.24) is 4.57 Å². The molecular weight excluding hydrogens is 362 g/mol. The minimum atomic E-state index is 0.554. The summed E-state index contributed by atoms with van der Waals surface area (Å²) >= 11 is 0. The molecule has 0 bridgehead atoms. The predicted octanol–water partition coefficient (Wildman–Crippen LogP) is 5.93. The van der Waals surface area contributed by atoms with E-state index in [0.29, 0.717) is 5.92 Å². The van der Waals surface area contributed by atoms with Gasteiger partial charge in [-0.05, 0) is 45.7 Å². The highest BCUT2D eigenvalue weighted by Crippen LogP contribution is 2.35. The van der Waals surface area contributed by atoms with Crippen molar-refractivity contribution in [3.8, 4) is 5.69 Å². The van der Waals surface area contributed by atoms with Gasteiger partial charge in [-0.1, -0.05) is 91.9 Å². The van der Waals surface area contributed by atoms with Crippen LogP contribution >= 0.6 is 0 Å². The predicted molar refractivity (Wildman–Crippen MR) is 128 cm³/mol. The summed E-state index contributed by atoms with van der Waals surface area (Å²) in [5, 5.41) is 9.39. The standard InChI is InChI=1S/C29H21N/c1-18-16-21-11-10-20-13-14-23-22-7-3-2-6-19(22)12-15-25(23)28(20)30-27-9-5-4-8-24(27)26(17-18)29(21)30/h2-15,17-18H,16H2,1H3. The highest BCUT2D eigenvalue weighted by molar-refractivity contribution is 6.12. The van der Waals surface area contributed by atoms with Crippen LogP contribution in [0.25, 0.3) is 55.9 Å². The van der Waals surface area contributed by atoms with Crippen LogP contribution in [-0.2, 0) is 0 Å². The smallest absolute Gasteiger partial charge is 0.0613 e. The van der Waals surface area contributed by atoms with Crippen molar-refractivity contribution in [3.63, 3.8) is 0 Å². The van der Waals surface area contributed by atoms with Gasteiger partial charge < -0.3 is 4.57 Å². The molecule has 0 N–H and O–H groups in total. The molecule has 0 amide bonds. The first kappa shape index (κ1) is 16.2. The first-order valence-electron chi connectivity index (χ1n) is 10.8. The maximum atomic E-state index is 2.54. The van der Waals surface area contributed by atoms with Gasteiger partial charge in [0.2, 0.25) is 0 Å². The molecule has 1 aliphatic heterocycles. The second kappa shape index (κ2) is 5.73. The number of aromatic nitrogens is 1. The first-order chi connectivity index (χ1) is 14.8. The lowest BCUT2D eigenvalue weighted by atomic mass is 9.94. The van der Waals surface area contributed by atoms with Crippen LogP contribution in [0.3, 0.4) is 0 Å². The third kappa shape index (κ3) is 2.02. The van der Waals surface area contributed by atoms with Crippen molar-refractivity contribution in [1.29, 1.82) is 0 Å². The summed E-state index contributed by atoms with van der Waals surface area (Å²) < 4.78 is 2.54. The summed E-state index contributed by atoms with van der Waals surface area (Å²) in [6, 6.07) is 26.8. The van der Waals surface area contributed by atoms with Crippen LogP contribution in [0, 0.1) is 5.92 Å². The summed E-state index contributed by atoms with van der Waals surface area (Å²) in [6.07, 6.45) is 8.24. The maximum absolute atomic E-state index is 2.54. The lowest BCUT2D eigenvalue weighted by Crippen LogP contribution is -2.34. The Morgan fingerprint density at radius 1 is 0.733 bits per heavy atom. The van der Waals surface area contributed by atoms with Crippen molar-refractivity contribution < 1.29 is 0 Å². The highest BCUT2D eigenvalue weighted by Gasteiger charge is 2.22. The maximum Gasteiger partial charge on any atom is 0.0613 e. The van der Waals surface area contributed by atoms with Crippen molar-refractivity contribution in [3.05, 3.63) is 95.0 Å². The zero-order valence-electron chi connectivity index (χ0n) is 16.9. The van der Waals surface area contributed by atoms with Crippen LogP contribution in [-0.4, -0.2) is 4.57 Å². The molecule has 0 spiro atoms. The van der Waals surface area contributed by atoms with Gasteiger partial charge in [-0.3, -0.25) is 0 Å². The molecule has 30 heavy (non-hydrogen) atoms. The lowest BCUT2D eigenvalue weighted by Gasteiger charge is -2.16. The molecule has 0 radical (unpaired) electrons. The minimum absolute atomic E-state index is 0.554. The van der Waals surface area contributed by atoms with Crippen LogP contribution < -0.4 is 10.6 Å². The molecule has 1 unspecified atom stereocenters. The van der Waals surface area contributed by atoms with Crippen molar-refractivity contribution in [2.45, 2.75) is 13.3 Å². The Kier molecular flexibility index (Phi) is 3.10. The molecular formula is C29H21N. The second-order valence-electron chi connectivity index (χ2n) is 8.71. The number of nitrogens with zero attached hydrogens (tertiary/aromatic N) is 1. The lowest BCUT2D eigenvalue weighted by molar-refractivity contribution is 0.783. The largest absolute Gasteiger partial charge is 0.308 e. The van der Waals surface area contributed by atoms with Gasteiger partial charge in [0, 0.05) is 16.0 Å². The molecule has 1 aromatic heterocycles. The van der Waals surface area contributed by atoms with Crippen LogP contribution in [0.15, 0.2) is 78.9 Å². The summed E-state index contributed by atoms with van der Waals surface area (Å²) in [7, 11) is 0. The van der Waals surface area contributed by atoms with Gasteiger partial charge in [-0.15, -0.1) is 0 Å². The summed E-state index contributed by atoms with van der Waals surface area (Å²) in [5.74, 6) is 0.554. The van der Waals surface area contributed by atoms with Crippen LogP contribution in [0.5, 0.6) is 0 Å². The number of para-hydroxylation sites is 1. The summed E-state index contributed by atoms with van der Waals surface area (Å²) in [6.45, 7) is 2.33. The average molecular weight is 383 g/mol. The van der Waals surface area contributed by atoms with Crippen LogP contribution in [0.4, 0.5) is 0 Å². The number of fused-ring (bicyclic) bond motifs is 9. The zero-order valence-corrected chi connectivity index (χ0v) is 16.9. The zero-order chi connectivity index (χ0) is 19.8. The third-order valence-electron chi connectivity index (χ3n) is 6.83. The highest BCUT2D eigenvalue weighted by atomic mass is 15.0. The molecule has 5 aromatic rings. The Morgan fingerprint density at radius 3 is 2.47 bits per heavy atom. The van der Waals surface area contributed by atoms with Crippen molar-refractivity contribution >= 4 is 50.2 Å². The van der Waals surface area contributed by atoms with Crippen LogP contribution in [0.1, 0.15) is 18.9 Å². The SMILES string of the molecule is CC1C=c2c3n(c4ccccc24)-c2c(ccc4c2ccc2ccccc24)C=CC=3C1. The number of hydrogen-bond donors (Lipinski definition) is 0. The normalized spacial score (nSPS) is 17.1. The summed E-state index contributed by atoms with van der Waals surface area (Å²) in [4.78, 5) is 0. The molecule has 2 heterocycles. The molecule has 1 nitrogen and oxygen atoms in total. The molecule has 1 atom stereocenters. The fourth-order valence-electron chi connectivity index (χ4n) is 5.58. The Labute approximate surface area is 174 Å². The monoisotopic (exact) mass is 383 g/mol. The number of benzene rings is 4. The molecule has 142 valence electrons. The van der Waals surface area contributed by atoms with E-state index in [2.05, 4.69) is 103 Å². The van der Waals surface area contributed by atoms with E-state index >= 15 is 0 Å². The topological polar surface area (TPSA) is 4.93 Å². The number of allylic oxidation sites excluding steroid dienone is 1. The molecule has 4 aromatic carbocycles. The van der Waals surface area contributed by atoms with E-state index in [0.717, 1.165) is 6.42 Å². The average Bonchev–Trinajstić information content (AvgIpc) is 3.00. The van der Waals surface area contributed by atoms with E-state index in [1.807, 2.05) is 0 Å². The molecule has 2 aliphatic rings. The van der Waals surface area contributed by atoms with Gasteiger partial charge >= 0.3 is 0 Å². The Morgan fingerprint density at radius 2 is 1.53 bits per heavy atom. The van der Waals surface area contributed by atoms with Gasteiger partial charge in [0.25, 0.3) is 0 Å². The van der Waals surface area contributed by atoms with Gasteiger partial charge in [-0.2, -0.15) is 0 Å². The van der Waals surface area contributed by atoms with E-state index in [4.69, 9.17) is 0 Å². The number of hydrogen-bond acceptors (Lipinski definition) is 0. The van der Waals surface area contributed by atoms with Crippen molar-refractivity contribution in [2.75, 3.05) is 0 Å². The molecule has 0 saturated carbocycles. The van der Waals surface area contributed by atoms with Gasteiger partial charge in [0.05, 0.1) is 16.6 Å². The summed E-state index contributed by atoms with van der Waals surface area (Å²) in [5.41, 5.74) is 5.35. The Balaban J connectivity index is 1.76. The van der Waals surface area contributed by atoms with Gasteiger partial charge in [0.1, 0.15) is 0 Å². The van der Waals surface area contributed by atoms with Gasteiger partial charge in [0.15, 0.2) is 0 Å². The molecule has 0 saturated heterocycles. The molecule has 0 fully saturated rings. The van der Waals surface area contributed by atoms with E-state index < -0.39 is 0 Å². The van der Waals surface area contributed by atoms with E-state index in [1.54, 1.807) is 0 Å². The quantitative estimate of drug-likeness (QED) is 0.292. The second-order valence-corrected chi connectivity index (χ2v) is 8.71. The minimum Gasteiger partial charge on any atom is -0.308 e. The molecule has 1 heteroatoms. The van der Waals surface area contributed by atoms with Crippen LogP contribution in [0.2, 0.25) is 0 Å². The van der Waals surface area contributed by atoms with Crippen molar-refractivity contribution in [2.24, 2.45) is 5.92 Å². The fraction of sp³-hybridized carbons (Fsp3) is 0.103. The van der Waals surface area contributed by atoms with E-state index in [-0.39, 0.29) is 0 Å². The molecule has 7 rings (SSSR count). The first-order valence-corrected chi connectivity index (χ1v) is 10.8. The Hall–Kier alpha value is -3.58. The van der Waals surface area contributed by atoms with Gasteiger partial charge in [-0.25, -0.2) is 0 Å². The van der Waals surface area contributed by atoms with E-state index in [1.165, 1.54) is 59.8 Å². The third-order valence-corrected chi connectivity index (χ3v) is 6.83. The number of rotatable bonds is 0.